The normalized spacial score (nSPS) is 13.6. The summed E-state index contributed by atoms with van der Waals surface area (Å²) in [5, 5.41) is 18.8. The number of morpholine rings is 1. The maximum atomic E-state index is 12.6. The van der Waals surface area contributed by atoms with E-state index in [9.17, 15) is 4.79 Å². The maximum absolute atomic E-state index is 12.6. The predicted octanol–water partition coefficient (Wildman–Crippen LogP) is 1.56. The van der Waals surface area contributed by atoms with Crippen LogP contribution in [-0.2, 0) is 11.8 Å². The zero-order chi connectivity index (χ0) is 22.3. The van der Waals surface area contributed by atoms with Gasteiger partial charge in [-0.2, -0.15) is 10.2 Å². The van der Waals surface area contributed by atoms with Crippen molar-refractivity contribution in [2.75, 3.05) is 56.7 Å². The predicted molar refractivity (Wildman–Crippen MR) is 121 cm³/mol. The molecule has 0 radical (unpaired) electrons. The first-order chi connectivity index (χ1) is 15.6. The van der Waals surface area contributed by atoms with Crippen molar-refractivity contribution in [2.24, 2.45) is 7.05 Å². The van der Waals surface area contributed by atoms with Gasteiger partial charge in [-0.05, 0) is 18.2 Å². The van der Waals surface area contributed by atoms with Crippen LogP contribution < -0.4 is 20.3 Å². The van der Waals surface area contributed by atoms with Crippen LogP contribution in [0.3, 0.4) is 0 Å². The molecule has 2 N–H and O–H groups in total. The molecular weight excluding hydrogens is 410 g/mol. The maximum Gasteiger partial charge on any atom is 0.269 e. The number of amides is 1. The van der Waals surface area contributed by atoms with Crippen molar-refractivity contribution in [3.63, 3.8) is 0 Å². The molecule has 0 atom stereocenters. The molecule has 0 saturated carbocycles. The lowest BCUT2D eigenvalue weighted by molar-refractivity contribution is 0.0945. The first-order valence-corrected chi connectivity index (χ1v) is 10.5. The van der Waals surface area contributed by atoms with E-state index in [0.29, 0.717) is 43.5 Å². The summed E-state index contributed by atoms with van der Waals surface area (Å²) in [5.74, 6) is 1.22. The molecule has 1 saturated heterocycles. The van der Waals surface area contributed by atoms with Gasteiger partial charge in [0.25, 0.3) is 5.91 Å². The molecular formula is C22H27N7O3. The van der Waals surface area contributed by atoms with Crippen molar-refractivity contribution in [3.8, 4) is 17.0 Å². The second-order valence-corrected chi connectivity index (χ2v) is 7.35. The molecule has 0 unspecified atom stereocenters. The minimum atomic E-state index is -0.191. The van der Waals surface area contributed by atoms with Crippen LogP contribution in [0.15, 0.2) is 42.6 Å². The third-order valence-corrected chi connectivity index (χ3v) is 5.21. The molecule has 2 aromatic heterocycles. The Morgan fingerprint density at radius 1 is 1.19 bits per heavy atom. The number of aryl methyl sites for hydroxylation is 1. The van der Waals surface area contributed by atoms with Crippen LogP contribution in [-0.4, -0.2) is 72.4 Å². The van der Waals surface area contributed by atoms with Crippen LogP contribution in [0.4, 0.5) is 11.5 Å². The van der Waals surface area contributed by atoms with E-state index in [1.165, 1.54) is 0 Å². The van der Waals surface area contributed by atoms with Gasteiger partial charge in [0.1, 0.15) is 11.4 Å². The lowest BCUT2D eigenvalue weighted by atomic mass is 10.1. The fourth-order valence-electron chi connectivity index (χ4n) is 3.50. The Bertz CT molecular complexity index is 1060. The highest BCUT2D eigenvalue weighted by atomic mass is 16.5. The van der Waals surface area contributed by atoms with Crippen molar-refractivity contribution in [1.29, 1.82) is 0 Å². The molecule has 1 fully saturated rings. The molecule has 4 rings (SSSR count). The van der Waals surface area contributed by atoms with Crippen molar-refractivity contribution >= 4 is 17.4 Å². The van der Waals surface area contributed by atoms with Crippen LogP contribution in [0.2, 0.25) is 0 Å². The largest absolute Gasteiger partial charge is 0.497 e. The van der Waals surface area contributed by atoms with Gasteiger partial charge in [0.15, 0.2) is 5.82 Å². The summed E-state index contributed by atoms with van der Waals surface area (Å²) < 4.78 is 12.2. The van der Waals surface area contributed by atoms with Gasteiger partial charge >= 0.3 is 0 Å². The summed E-state index contributed by atoms with van der Waals surface area (Å²) in [6, 6.07) is 11.3. The number of carbonyl (C=O) groups excluding carboxylic acids is 1. The molecule has 168 valence electrons. The molecule has 1 aliphatic rings. The Labute approximate surface area is 186 Å². The molecule has 32 heavy (non-hydrogen) atoms. The number of carbonyl (C=O) groups is 1. The highest BCUT2D eigenvalue weighted by Crippen LogP contribution is 2.23. The number of ether oxygens (including phenoxy) is 2. The summed E-state index contributed by atoms with van der Waals surface area (Å²) in [5.41, 5.74) is 3.09. The van der Waals surface area contributed by atoms with Crippen LogP contribution in [0, 0.1) is 0 Å². The number of nitrogens with one attached hydrogen (secondary N) is 2. The molecule has 1 amide bonds. The molecule has 1 aromatic carbocycles. The molecule has 3 aromatic rings. The third kappa shape index (κ3) is 5.14. The van der Waals surface area contributed by atoms with Gasteiger partial charge in [-0.25, -0.2) is 0 Å². The van der Waals surface area contributed by atoms with E-state index < -0.39 is 0 Å². The number of benzene rings is 1. The van der Waals surface area contributed by atoms with Gasteiger partial charge in [0, 0.05) is 44.9 Å². The van der Waals surface area contributed by atoms with E-state index in [2.05, 4.69) is 30.8 Å². The van der Waals surface area contributed by atoms with Gasteiger partial charge in [0.2, 0.25) is 0 Å². The number of nitrogens with zero attached hydrogens (tertiary/aromatic N) is 5. The molecule has 1 aliphatic heterocycles. The van der Waals surface area contributed by atoms with Crippen molar-refractivity contribution < 1.29 is 14.3 Å². The molecule has 0 aliphatic carbocycles. The Balaban J connectivity index is 1.30. The summed E-state index contributed by atoms with van der Waals surface area (Å²) in [4.78, 5) is 14.9. The van der Waals surface area contributed by atoms with Crippen LogP contribution in [0.1, 0.15) is 10.5 Å². The number of rotatable bonds is 8. The number of hydrogen-bond donors (Lipinski definition) is 2. The van der Waals surface area contributed by atoms with Gasteiger partial charge in [-0.15, -0.1) is 5.10 Å². The Hall–Kier alpha value is -3.66. The molecule has 0 spiro atoms. The average Bonchev–Trinajstić information content (AvgIpc) is 3.24. The van der Waals surface area contributed by atoms with E-state index in [-0.39, 0.29) is 5.91 Å². The smallest absolute Gasteiger partial charge is 0.269 e. The summed E-state index contributed by atoms with van der Waals surface area (Å²) >= 11 is 0. The Morgan fingerprint density at radius 2 is 2.03 bits per heavy atom. The highest BCUT2D eigenvalue weighted by molar-refractivity contribution is 5.93. The second kappa shape index (κ2) is 10.1. The van der Waals surface area contributed by atoms with E-state index in [1.807, 2.05) is 30.3 Å². The standard InChI is InChI=1S/C22H27N7O3/c1-28-20(14-19(27-28)16-4-3-5-18(12-16)31-2)22(30)24-7-6-23-21-13-17(15-25-26-21)29-8-10-32-11-9-29/h3-5,12-15H,6-11H2,1-2H3,(H,23,26)(H,24,30). The van der Waals surface area contributed by atoms with Crippen LogP contribution >= 0.6 is 0 Å². The molecule has 0 bridgehead atoms. The number of methoxy groups -OCH3 is 1. The van der Waals surface area contributed by atoms with Gasteiger partial charge in [-0.1, -0.05) is 12.1 Å². The summed E-state index contributed by atoms with van der Waals surface area (Å²) in [7, 11) is 3.37. The van der Waals surface area contributed by atoms with Gasteiger partial charge < -0.3 is 25.0 Å². The quantitative estimate of drug-likeness (QED) is 0.512. The fourth-order valence-corrected chi connectivity index (χ4v) is 3.50. The lowest BCUT2D eigenvalue weighted by Gasteiger charge is -2.28. The summed E-state index contributed by atoms with van der Waals surface area (Å²) in [6.45, 7) is 4.05. The average molecular weight is 438 g/mol. The zero-order valence-corrected chi connectivity index (χ0v) is 18.2. The van der Waals surface area contributed by atoms with Crippen molar-refractivity contribution in [2.45, 2.75) is 0 Å². The topological polar surface area (TPSA) is 106 Å². The molecule has 3 heterocycles. The Kier molecular flexibility index (Phi) is 6.81. The number of aromatic nitrogens is 4. The van der Waals surface area contributed by atoms with Gasteiger partial charge in [-0.3, -0.25) is 9.48 Å². The van der Waals surface area contributed by atoms with Crippen molar-refractivity contribution in [3.05, 3.63) is 48.3 Å². The number of anilines is 2. The molecule has 10 nitrogen and oxygen atoms in total. The van der Waals surface area contributed by atoms with Gasteiger partial charge in [0.05, 0.1) is 37.9 Å². The first kappa shape index (κ1) is 21.6. The monoisotopic (exact) mass is 437 g/mol. The number of hydrogen-bond acceptors (Lipinski definition) is 8. The lowest BCUT2D eigenvalue weighted by Crippen LogP contribution is -2.36. The van der Waals surface area contributed by atoms with Crippen LogP contribution in [0.5, 0.6) is 5.75 Å². The fraction of sp³-hybridized carbons (Fsp3) is 0.364. The van der Waals surface area contributed by atoms with Crippen molar-refractivity contribution in [1.82, 2.24) is 25.3 Å². The highest BCUT2D eigenvalue weighted by Gasteiger charge is 2.15. The van der Waals surface area contributed by atoms with E-state index in [1.54, 1.807) is 31.1 Å². The Morgan fingerprint density at radius 3 is 2.84 bits per heavy atom. The minimum Gasteiger partial charge on any atom is -0.497 e. The zero-order valence-electron chi connectivity index (χ0n) is 18.2. The SMILES string of the molecule is COc1cccc(-c2cc(C(=O)NCCNc3cc(N4CCOCC4)cnn3)n(C)n2)c1. The summed E-state index contributed by atoms with van der Waals surface area (Å²) in [6.07, 6.45) is 1.75. The second-order valence-electron chi connectivity index (χ2n) is 7.35. The first-order valence-electron chi connectivity index (χ1n) is 10.5. The molecule has 10 heteroatoms. The van der Waals surface area contributed by atoms with Crippen LogP contribution in [0.25, 0.3) is 11.3 Å². The van der Waals surface area contributed by atoms with E-state index in [4.69, 9.17) is 9.47 Å². The third-order valence-electron chi connectivity index (χ3n) is 5.21. The van der Waals surface area contributed by atoms with E-state index >= 15 is 0 Å². The van der Waals surface area contributed by atoms with E-state index in [0.717, 1.165) is 30.1 Å². The minimum absolute atomic E-state index is 0.191.